The summed E-state index contributed by atoms with van der Waals surface area (Å²) in [7, 11) is -0.619. The minimum absolute atomic E-state index is 0.0445. The number of nitro benzene ring substituents is 1. The van der Waals surface area contributed by atoms with Gasteiger partial charge < -0.3 is 14.9 Å². The second-order valence-corrected chi connectivity index (χ2v) is 5.63. The Morgan fingerprint density at radius 3 is 2.86 bits per heavy atom. The highest BCUT2D eigenvalue weighted by molar-refractivity contribution is 6.45. The van der Waals surface area contributed by atoms with Gasteiger partial charge in [0.2, 0.25) is 11.6 Å². The lowest BCUT2D eigenvalue weighted by atomic mass is 9.82. The zero-order chi connectivity index (χ0) is 16.4. The van der Waals surface area contributed by atoms with E-state index in [4.69, 9.17) is 11.6 Å². The summed E-state index contributed by atoms with van der Waals surface area (Å²) >= 11 is 5.73. The Labute approximate surface area is 132 Å². The molecule has 9 heteroatoms. The fourth-order valence-corrected chi connectivity index (χ4v) is 2.69. The van der Waals surface area contributed by atoms with Crippen LogP contribution in [0.25, 0.3) is 6.08 Å². The van der Waals surface area contributed by atoms with Gasteiger partial charge in [-0.1, -0.05) is 23.3 Å². The number of nitro groups is 1. The van der Waals surface area contributed by atoms with E-state index in [0.717, 1.165) is 24.6 Å². The summed E-state index contributed by atoms with van der Waals surface area (Å²) in [6.07, 6.45) is 2.99. The molecule has 0 aromatic heterocycles. The van der Waals surface area contributed by atoms with Crippen LogP contribution in [0.3, 0.4) is 0 Å². The van der Waals surface area contributed by atoms with E-state index in [1.165, 1.54) is 6.08 Å². The Morgan fingerprint density at radius 2 is 2.27 bits per heavy atom. The maximum Gasteiger partial charge on any atom is 0.376 e. The number of piperidine rings is 1. The summed E-state index contributed by atoms with van der Waals surface area (Å²) < 4.78 is 14.2. The van der Waals surface area contributed by atoms with Gasteiger partial charge in [0, 0.05) is 12.1 Å². The summed E-state index contributed by atoms with van der Waals surface area (Å²) in [4.78, 5) is 11.7. The van der Waals surface area contributed by atoms with Gasteiger partial charge in [-0.15, -0.1) is 0 Å². The van der Waals surface area contributed by atoms with Crippen LogP contribution >= 0.6 is 11.6 Å². The summed E-state index contributed by atoms with van der Waals surface area (Å²) in [6.45, 7) is 2.82. The van der Waals surface area contributed by atoms with Crippen molar-refractivity contribution in [2.45, 2.75) is 19.7 Å². The highest BCUT2D eigenvalue weighted by Crippen LogP contribution is 2.38. The van der Waals surface area contributed by atoms with Crippen LogP contribution in [0, 0.1) is 15.9 Å². The minimum atomic E-state index is -1.12. The van der Waals surface area contributed by atoms with Gasteiger partial charge in [-0.3, -0.25) is 10.1 Å². The molecule has 2 rings (SSSR count). The SMILES string of the molecule is CB(O)N1CCC/C(=C\c2cc(Cl)c(O)c([N+](=O)[O-])c2F)C1. The molecule has 1 heterocycles. The van der Waals surface area contributed by atoms with Crippen LogP contribution in [-0.2, 0) is 0 Å². The molecule has 1 aromatic rings. The van der Waals surface area contributed by atoms with Crippen LogP contribution in [0.15, 0.2) is 11.6 Å². The number of halogens is 2. The fraction of sp³-hybridized carbons (Fsp3) is 0.385. The zero-order valence-corrected chi connectivity index (χ0v) is 12.7. The molecule has 1 fully saturated rings. The smallest absolute Gasteiger partial charge is 0.376 e. The van der Waals surface area contributed by atoms with Crippen molar-refractivity contribution in [2.24, 2.45) is 0 Å². The lowest BCUT2D eigenvalue weighted by molar-refractivity contribution is -0.388. The number of nitrogens with zero attached hydrogens (tertiary/aromatic N) is 2. The third-order valence-corrected chi connectivity index (χ3v) is 3.90. The highest BCUT2D eigenvalue weighted by atomic mass is 35.5. The molecule has 1 aliphatic rings. The van der Waals surface area contributed by atoms with Gasteiger partial charge in [-0.2, -0.15) is 4.39 Å². The normalized spacial score (nSPS) is 17.7. The second-order valence-electron chi connectivity index (χ2n) is 5.22. The predicted octanol–water partition coefficient (Wildman–Crippen LogP) is 2.68. The average Bonchev–Trinajstić information content (AvgIpc) is 2.45. The van der Waals surface area contributed by atoms with E-state index >= 15 is 0 Å². The lowest BCUT2D eigenvalue weighted by Gasteiger charge is -2.29. The van der Waals surface area contributed by atoms with E-state index in [0.29, 0.717) is 13.0 Å². The Balaban J connectivity index is 2.41. The van der Waals surface area contributed by atoms with Crippen LogP contribution in [0.2, 0.25) is 11.8 Å². The Kier molecular flexibility index (Phi) is 5.05. The van der Waals surface area contributed by atoms with E-state index < -0.39 is 29.2 Å². The van der Waals surface area contributed by atoms with Crippen molar-refractivity contribution in [1.29, 1.82) is 0 Å². The molecule has 2 N–H and O–H groups in total. The van der Waals surface area contributed by atoms with Crippen molar-refractivity contribution >= 4 is 30.4 Å². The molecule has 1 saturated heterocycles. The largest absolute Gasteiger partial charge is 0.501 e. The quantitative estimate of drug-likeness (QED) is 0.506. The number of rotatable bonds is 3. The maximum atomic E-state index is 14.2. The summed E-state index contributed by atoms with van der Waals surface area (Å²) in [5.41, 5.74) is -0.235. The molecular formula is C13H15BClFN2O4. The molecular weight excluding hydrogens is 313 g/mol. The van der Waals surface area contributed by atoms with Crippen LogP contribution in [-0.4, -0.2) is 40.0 Å². The van der Waals surface area contributed by atoms with Crippen molar-refractivity contribution in [3.63, 3.8) is 0 Å². The van der Waals surface area contributed by atoms with Crippen molar-refractivity contribution < 1.29 is 19.4 Å². The van der Waals surface area contributed by atoms with Crippen LogP contribution in [0.5, 0.6) is 5.75 Å². The molecule has 6 nitrogen and oxygen atoms in total. The summed E-state index contributed by atoms with van der Waals surface area (Å²) in [5.74, 6) is -1.99. The summed E-state index contributed by atoms with van der Waals surface area (Å²) in [6, 6.07) is 1.16. The van der Waals surface area contributed by atoms with Crippen molar-refractivity contribution in [2.75, 3.05) is 13.1 Å². The molecule has 0 saturated carbocycles. The standard InChI is InChI=1S/C13H15BClFN2O4/c1-14(20)17-4-2-3-8(7-17)5-9-6-10(15)13(19)12(11(9)16)18(21)22/h5-6,19-20H,2-4,7H2,1H3/b8-5+. The molecule has 0 unspecified atom stereocenters. The molecule has 118 valence electrons. The molecule has 1 aliphatic heterocycles. The van der Waals surface area contributed by atoms with Gasteiger partial charge in [0.05, 0.1) is 9.95 Å². The Hall–Kier alpha value is -1.64. The third kappa shape index (κ3) is 3.40. The predicted molar refractivity (Wildman–Crippen MR) is 82.4 cm³/mol. The first kappa shape index (κ1) is 16.7. The first-order valence-corrected chi connectivity index (χ1v) is 7.16. The highest BCUT2D eigenvalue weighted by Gasteiger charge is 2.27. The Bertz CT molecular complexity index is 639. The topological polar surface area (TPSA) is 86.8 Å². The Morgan fingerprint density at radius 1 is 1.59 bits per heavy atom. The van der Waals surface area contributed by atoms with Gasteiger partial charge in [-0.25, -0.2) is 0 Å². The van der Waals surface area contributed by atoms with Crippen LogP contribution in [0.4, 0.5) is 10.1 Å². The number of phenols is 1. The minimum Gasteiger partial charge on any atom is -0.501 e. The fourth-order valence-electron chi connectivity index (χ4n) is 2.48. The zero-order valence-electron chi connectivity index (χ0n) is 11.9. The van der Waals surface area contributed by atoms with Crippen molar-refractivity contribution in [3.05, 3.63) is 38.2 Å². The first-order valence-electron chi connectivity index (χ1n) is 6.78. The van der Waals surface area contributed by atoms with Gasteiger partial charge in [0.1, 0.15) is 0 Å². The van der Waals surface area contributed by atoms with Crippen molar-refractivity contribution in [3.8, 4) is 5.75 Å². The number of hydrogen-bond donors (Lipinski definition) is 2. The van der Waals surface area contributed by atoms with Gasteiger partial charge in [-0.05, 0) is 32.3 Å². The van der Waals surface area contributed by atoms with E-state index in [2.05, 4.69) is 0 Å². The molecule has 0 spiro atoms. The van der Waals surface area contributed by atoms with Gasteiger partial charge in [0.15, 0.2) is 0 Å². The number of benzene rings is 1. The molecule has 0 aliphatic carbocycles. The molecule has 0 atom stereocenters. The molecule has 1 aromatic carbocycles. The van der Waals surface area contributed by atoms with Crippen LogP contribution < -0.4 is 0 Å². The van der Waals surface area contributed by atoms with E-state index in [9.17, 15) is 24.6 Å². The van der Waals surface area contributed by atoms with Gasteiger partial charge >= 0.3 is 12.7 Å². The van der Waals surface area contributed by atoms with E-state index in [1.54, 1.807) is 6.82 Å². The van der Waals surface area contributed by atoms with Gasteiger partial charge in [0.25, 0.3) is 0 Å². The number of phenolic OH excluding ortho intramolecular Hbond substituents is 1. The molecule has 0 bridgehead atoms. The van der Waals surface area contributed by atoms with E-state index in [1.807, 2.05) is 4.81 Å². The lowest BCUT2D eigenvalue weighted by Crippen LogP contribution is -2.41. The monoisotopic (exact) mass is 328 g/mol. The third-order valence-electron chi connectivity index (χ3n) is 3.61. The average molecular weight is 329 g/mol. The summed E-state index contributed by atoms with van der Waals surface area (Å²) in [5, 5.41) is 29.7. The van der Waals surface area contributed by atoms with E-state index in [-0.39, 0.29) is 10.6 Å². The maximum absolute atomic E-state index is 14.2. The molecule has 22 heavy (non-hydrogen) atoms. The molecule has 0 amide bonds. The molecule has 0 radical (unpaired) electrons. The van der Waals surface area contributed by atoms with Crippen LogP contribution in [0.1, 0.15) is 18.4 Å². The number of hydrogen-bond acceptors (Lipinski definition) is 5. The second kappa shape index (κ2) is 6.64. The van der Waals surface area contributed by atoms with Crippen molar-refractivity contribution in [1.82, 2.24) is 4.81 Å². The first-order chi connectivity index (χ1) is 10.3. The number of aromatic hydroxyl groups is 1.